The summed E-state index contributed by atoms with van der Waals surface area (Å²) in [5, 5.41) is 3.35. The van der Waals surface area contributed by atoms with Crippen LogP contribution in [-0.2, 0) is 6.54 Å². The number of aromatic nitrogens is 1. The zero-order valence-corrected chi connectivity index (χ0v) is 11.9. The summed E-state index contributed by atoms with van der Waals surface area (Å²) in [6.45, 7) is 3.55. The van der Waals surface area contributed by atoms with E-state index in [0.29, 0.717) is 12.4 Å². The Morgan fingerprint density at radius 2 is 2.10 bits per heavy atom. The number of rotatable bonds is 7. The lowest BCUT2D eigenvalue weighted by Gasteiger charge is -2.09. The Hall–Kier alpha value is -2.23. The van der Waals surface area contributed by atoms with Crippen LogP contribution in [0.3, 0.4) is 0 Å². The van der Waals surface area contributed by atoms with Crippen molar-refractivity contribution in [1.29, 1.82) is 0 Å². The molecule has 0 spiro atoms. The predicted molar refractivity (Wildman–Crippen MR) is 80.3 cm³/mol. The molecular formula is C16H20N2O2. The molecule has 0 atom stereocenters. The van der Waals surface area contributed by atoms with Gasteiger partial charge in [0.1, 0.15) is 5.75 Å². The van der Waals surface area contributed by atoms with Crippen LogP contribution in [0.5, 0.6) is 11.6 Å². The Labute approximate surface area is 119 Å². The average Bonchev–Trinajstić information content (AvgIpc) is 2.52. The highest BCUT2D eigenvalue weighted by molar-refractivity contribution is 5.48. The molecule has 0 fully saturated rings. The van der Waals surface area contributed by atoms with Gasteiger partial charge in [-0.25, -0.2) is 4.98 Å². The molecule has 106 valence electrons. The van der Waals surface area contributed by atoms with Crippen molar-refractivity contribution in [2.24, 2.45) is 0 Å². The van der Waals surface area contributed by atoms with Gasteiger partial charge in [0, 0.05) is 30.6 Å². The van der Waals surface area contributed by atoms with Crippen molar-refractivity contribution in [3.8, 4) is 11.6 Å². The van der Waals surface area contributed by atoms with Gasteiger partial charge in [-0.3, -0.25) is 0 Å². The van der Waals surface area contributed by atoms with Gasteiger partial charge in [0.05, 0.1) is 13.7 Å². The van der Waals surface area contributed by atoms with E-state index in [9.17, 15) is 0 Å². The van der Waals surface area contributed by atoms with Crippen LogP contribution in [0, 0.1) is 0 Å². The van der Waals surface area contributed by atoms with Crippen LogP contribution in [0.2, 0.25) is 0 Å². The SMILES string of the molecule is CCCOc1cccc(NCc2ccc(OC)nc2)c1. The summed E-state index contributed by atoms with van der Waals surface area (Å²) in [4.78, 5) is 4.18. The molecule has 2 rings (SSSR count). The molecule has 0 unspecified atom stereocenters. The summed E-state index contributed by atoms with van der Waals surface area (Å²) in [5.74, 6) is 1.52. The van der Waals surface area contributed by atoms with Crippen LogP contribution >= 0.6 is 0 Å². The third kappa shape index (κ3) is 4.16. The van der Waals surface area contributed by atoms with E-state index in [-0.39, 0.29) is 0 Å². The predicted octanol–water partition coefficient (Wildman–Crippen LogP) is 3.49. The summed E-state index contributed by atoms with van der Waals surface area (Å²) in [5.41, 5.74) is 2.14. The van der Waals surface area contributed by atoms with Crippen molar-refractivity contribution in [1.82, 2.24) is 4.98 Å². The van der Waals surface area contributed by atoms with Gasteiger partial charge < -0.3 is 14.8 Å². The van der Waals surface area contributed by atoms with E-state index in [2.05, 4.69) is 17.2 Å². The molecule has 20 heavy (non-hydrogen) atoms. The highest BCUT2D eigenvalue weighted by atomic mass is 16.5. The Morgan fingerprint density at radius 1 is 1.20 bits per heavy atom. The van der Waals surface area contributed by atoms with E-state index >= 15 is 0 Å². The van der Waals surface area contributed by atoms with Crippen LogP contribution < -0.4 is 14.8 Å². The molecule has 0 aliphatic heterocycles. The molecule has 4 heteroatoms. The van der Waals surface area contributed by atoms with Gasteiger partial charge in [0.2, 0.25) is 5.88 Å². The highest BCUT2D eigenvalue weighted by Gasteiger charge is 1.98. The first kappa shape index (κ1) is 14.2. The Bertz CT molecular complexity index is 526. The first-order chi connectivity index (χ1) is 9.81. The molecule has 0 saturated heterocycles. The molecule has 4 nitrogen and oxygen atoms in total. The second kappa shape index (κ2) is 7.38. The van der Waals surface area contributed by atoms with Gasteiger partial charge in [0.15, 0.2) is 0 Å². The van der Waals surface area contributed by atoms with Gasteiger partial charge in [-0.15, -0.1) is 0 Å². The number of ether oxygens (including phenoxy) is 2. The van der Waals surface area contributed by atoms with Crippen LogP contribution in [0.25, 0.3) is 0 Å². The largest absolute Gasteiger partial charge is 0.494 e. The van der Waals surface area contributed by atoms with Crippen molar-refractivity contribution in [3.63, 3.8) is 0 Å². The fraction of sp³-hybridized carbons (Fsp3) is 0.312. The number of methoxy groups -OCH3 is 1. The van der Waals surface area contributed by atoms with Crippen LogP contribution in [0.1, 0.15) is 18.9 Å². The normalized spacial score (nSPS) is 10.1. The Balaban J connectivity index is 1.92. The van der Waals surface area contributed by atoms with E-state index < -0.39 is 0 Å². The second-order valence-electron chi connectivity index (χ2n) is 4.44. The third-order valence-corrected chi connectivity index (χ3v) is 2.81. The monoisotopic (exact) mass is 272 g/mol. The summed E-state index contributed by atoms with van der Waals surface area (Å²) in [7, 11) is 1.61. The highest BCUT2D eigenvalue weighted by Crippen LogP contribution is 2.18. The number of hydrogen-bond donors (Lipinski definition) is 1. The molecule has 1 aromatic carbocycles. The smallest absolute Gasteiger partial charge is 0.212 e. The van der Waals surface area contributed by atoms with Crippen molar-refractivity contribution in [3.05, 3.63) is 48.2 Å². The standard InChI is InChI=1S/C16H20N2O2/c1-3-9-20-15-6-4-5-14(10-15)17-11-13-7-8-16(19-2)18-12-13/h4-8,10,12,17H,3,9,11H2,1-2H3. The van der Waals surface area contributed by atoms with Crippen molar-refractivity contribution >= 4 is 5.69 Å². The van der Waals surface area contributed by atoms with Crippen LogP contribution in [0.15, 0.2) is 42.6 Å². The molecule has 1 aromatic heterocycles. The van der Waals surface area contributed by atoms with E-state index in [1.54, 1.807) is 7.11 Å². The van der Waals surface area contributed by atoms with E-state index in [4.69, 9.17) is 9.47 Å². The number of pyridine rings is 1. The maximum absolute atomic E-state index is 5.61. The first-order valence-corrected chi connectivity index (χ1v) is 6.77. The lowest BCUT2D eigenvalue weighted by atomic mass is 10.2. The molecule has 0 radical (unpaired) electrons. The molecule has 2 aromatic rings. The number of benzene rings is 1. The van der Waals surface area contributed by atoms with Crippen molar-refractivity contribution in [2.45, 2.75) is 19.9 Å². The summed E-state index contributed by atoms with van der Waals surface area (Å²) in [6, 6.07) is 11.8. The van der Waals surface area contributed by atoms with E-state index in [1.807, 2.05) is 42.6 Å². The Kier molecular flexibility index (Phi) is 5.24. The zero-order valence-electron chi connectivity index (χ0n) is 11.9. The zero-order chi connectivity index (χ0) is 14.2. The lowest BCUT2D eigenvalue weighted by molar-refractivity contribution is 0.317. The molecule has 0 aliphatic carbocycles. The summed E-state index contributed by atoms with van der Waals surface area (Å²) in [6.07, 6.45) is 2.82. The third-order valence-electron chi connectivity index (χ3n) is 2.81. The topological polar surface area (TPSA) is 43.4 Å². The summed E-state index contributed by atoms with van der Waals surface area (Å²) >= 11 is 0. The fourth-order valence-corrected chi connectivity index (χ4v) is 1.76. The molecular weight excluding hydrogens is 252 g/mol. The molecule has 0 bridgehead atoms. The molecule has 1 heterocycles. The maximum atomic E-state index is 5.61. The minimum Gasteiger partial charge on any atom is -0.494 e. The quantitative estimate of drug-likeness (QED) is 0.838. The Morgan fingerprint density at radius 3 is 2.80 bits per heavy atom. The van der Waals surface area contributed by atoms with Crippen molar-refractivity contribution in [2.75, 3.05) is 19.0 Å². The number of nitrogens with zero attached hydrogens (tertiary/aromatic N) is 1. The molecule has 1 N–H and O–H groups in total. The number of anilines is 1. The number of nitrogens with one attached hydrogen (secondary N) is 1. The van der Waals surface area contributed by atoms with Gasteiger partial charge >= 0.3 is 0 Å². The van der Waals surface area contributed by atoms with E-state index in [0.717, 1.165) is 30.0 Å². The van der Waals surface area contributed by atoms with Gasteiger partial charge in [-0.2, -0.15) is 0 Å². The van der Waals surface area contributed by atoms with Crippen LogP contribution in [0.4, 0.5) is 5.69 Å². The molecule has 0 aliphatic rings. The lowest BCUT2D eigenvalue weighted by Crippen LogP contribution is -2.01. The molecule has 0 amide bonds. The molecule has 0 saturated carbocycles. The second-order valence-corrected chi connectivity index (χ2v) is 4.44. The van der Waals surface area contributed by atoms with E-state index in [1.165, 1.54) is 0 Å². The number of hydrogen-bond acceptors (Lipinski definition) is 4. The van der Waals surface area contributed by atoms with Crippen molar-refractivity contribution < 1.29 is 9.47 Å². The first-order valence-electron chi connectivity index (χ1n) is 6.77. The van der Waals surface area contributed by atoms with Gasteiger partial charge in [-0.1, -0.05) is 19.1 Å². The summed E-state index contributed by atoms with van der Waals surface area (Å²) < 4.78 is 10.6. The minimum absolute atomic E-state index is 0.628. The maximum Gasteiger partial charge on any atom is 0.212 e. The van der Waals surface area contributed by atoms with Crippen LogP contribution in [-0.4, -0.2) is 18.7 Å². The minimum atomic E-state index is 0.628. The fourth-order valence-electron chi connectivity index (χ4n) is 1.76. The van der Waals surface area contributed by atoms with Gasteiger partial charge in [-0.05, 0) is 24.1 Å². The average molecular weight is 272 g/mol. The van der Waals surface area contributed by atoms with Gasteiger partial charge in [0.25, 0.3) is 0 Å².